The molecule has 0 amide bonds. The Bertz CT molecular complexity index is 469. The lowest BCUT2D eigenvalue weighted by molar-refractivity contribution is -0.136. The Morgan fingerprint density at radius 2 is 2.25 bits per heavy atom. The summed E-state index contributed by atoms with van der Waals surface area (Å²) in [4.78, 5) is 21.3. The predicted molar refractivity (Wildman–Crippen MR) is 55.3 cm³/mol. The molecule has 4 heteroatoms. The van der Waals surface area contributed by atoms with Crippen LogP contribution in [0.5, 0.6) is 0 Å². The summed E-state index contributed by atoms with van der Waals surface area (Å²) in [5.74, 6) is 3.35. The molecule has 82 valence electrons. The first kappa shape index (κ1) is 11.9. The Hall–Kier alpha value is -2.15. The van der Waals surface area contributed by atoms with Gasteiger partial charge in [-0.2, -0.15) is 0 Å². The molecular weight excluding hydrogens is 211 g/mol. The van der Waals surface area contributed by atoms with Gasteiger partial charge in [0.25, 0.3) is 0 Å². The molecule has 0 saturated carbocycles. The highest BCUT2D eigenvalue weighted by atomic mass is 19.1. The van der Waals surface area contributed by atoms with Gasteiger partial charge in [0.2, 0.25) is 0 Å². The van der Waals surface area contributed by atoms with E-state index in [2.05, 4.69) is 16.6 Å². The average molecular weight is 220 g/mol. The Balaban J connectivity index is 2.92. The number of halogens is 1. The fraction of sp³-hybridized carbons (Fsp3) is 0.167. The van der Waals surface area contributed by atoms with Gasteiger partial charge in [0, 0.05) is 17.0 Å². The fourth-order valence-corrected chi connectivity index (χ4v) is 1.04. The molecule has 1 aromatic rings. The highest BCUT2D eigenvalue weighted by Gasteiger charge is 1.98. The first-order valence-electron chi connectivity index (χ1n) is 4.60. The number of hydrogen-bond donors (Lipinski definition) is 0. The van der Waals surface area contributed by atoms with Crippen LogP contribution in [0.15, 0.2) is 18.2 Å². The molecule has 0 saturated heterocycles. The van der Waals surface area contributed by atoms with E-state index in [1.54, 1.807) is 6.92 Å². The second-order valence-corrected chi connectivity index (χ2v) is 2.86. The molecule has 0 unspecified atom stereocenters. The third kappa shape index (κ3) is 3.54. The molecule has 0 aromatic heterocycles. The van der Waals surface area contributed by atoms with Crippen LogP contribution in [-0.2, 0) is 9.53 Å². The number of carbonyl (C=O) groups is 2. The van der Waals surface area contributed by atoms with Crippen molar-refractivity contribution < 1.29 is 18.7 Å². The summed E-state index contributed by atoms with van der Waals surface area (Å²) in [5, 5.41) is 0. The molecule has 0 bridgehead atoms. The van der Waals surface area contributed by atoms with Crippen LogP contribution in [0, 0.1) is 17.7 Å². The van der Waals surface area contributed by atoms with Gasteiger partial charge in [0.15, 0.2) is 0 Å². The molecule has 0 spiro atoms. The number of hydrogen-bond acceptors (Lipinski definition) is 3. The summed E-state index contributed by atoms with van der Waals surface area (Å²) in [5.41, 5.74) is 0.434. The van der Waals surface area contributed by atoms with Crippen LogP contribution in [0.3, 0.4) is 0 Å². The zero-order valence-electron chi connectivity index (χ0n) is 8.62. The van der Waals surface area contributed by atoms with Crippen LogP contribution in [0.4, 0.5) is 4.39 Å². The van der Waals surface area contributed by atoms with E-state index in [9.17, 15) is 14.0 Å². The number of rotatable bonds is 2. The van der Waals surface area contributed by atoms with Crippen LogP contribution >= 0.6 is 0 Å². The summed E-state index contributed by atoms with van der Waals surface area (Å²) in [7, 11) is 0. The third-order valence-electron chi connectivity index (χ3n) is 1.64. The lowest BCUT2D eigenvalue weighted by atomic mass is 10.1. The van der Waals surface area contributed by atoms with E-state index in [1.165, 1.54) is 6.07 Å². The smallest absolute Gasteiger partial charge is 0.384 e. The topological polar surface area (TPSA) is 43.4 Å². The fourth-order valence-electron chi connectivity index (χ4n) is 1.04. The van der Waals surface area contributed by atoms with Crippen LogP contribution in [-0.4, -0.2) is 18.9 Å². The normalized spacial score (nSPS) is 8.88. The molecule has 3 nitrogen and oxygen atoms in total. The maximum atomic E-state index is 12.9. The van der Waals surface area contributed by atoms with Crippen molar-refractivity contribution in [1.82, 2.24) is 0 Å². The molecule has 0 fully saturated rings. The summed E-state index contributed by atoms with van der Waals surface area (Å²) in [6, 6.07) is 3.62. The summed E-state index contributed by atoms with van der Waals surface area (Å²) >= 11 is 0. The minimum absolute atomic E-state index is 0.174. The van der Waals surface area contributed by atoms with Crippen molar-refractivity contribution in [2.75, 3.05) is 6.61 Å². The van der Waals surface area contributed by atoms with Crippen molar-refractivity contribution in [2.45, 2.75) is 6.92 Å². The first-order chi connectivity index (χ1) is 7.65. The molecule has 0 radical (unpaired) electrons. The monoisotopic (exact) mass is 220 g/mol. The number of benzene rings is 1. The van der Waals surface area contributed by atoms with Crippen molar-refractivity contribution in [3.05, 3.63) is 35.1 Å². The number of ether oxygens (including phenoxy) is 1. The SMILES string of the molecule is CCOC(=O)C#Cc1cc(F)cc(C=O)c1. The van der Waals surface area contributed by atoms with Gasteiger partial charge in [-0.1, -0.05) is 5.92 Å². The molecule has 1 aromatic carbocycles. The van der Waals surface area contributed by atoms with Crippen molar-refractivity contribution in [3.8, 4) is 11.8 Å². The third-order valence-corrected chi connectivity index (χ3v) is 1.64. The number of esters is 1. The Morgan fingerprint density at radius 3 is 2.88 bits per heavy atom. The van der Waals surface area contributed by atoms with Gasteiger partial charge in [-0.15, -0.1) is 0 Å². The minimum atomic E-state index is -0.681. The molecule has 0 N–H and O–H groups in total. The van der Waals surface area contributed by atoms with Gasteiger partial charge in [0.05, 0.1) is 6.61 Å². The van der Waals surface area contributed by atoms with E-state index in [4.69, 9.17) is 0 Å². The summed E-state index contributed by atoms with van der Waals surface area (Å²) in [6.07, 6.45) is 0.513. The molecule has 16 heavy (non-hydrogen) atoms. The van der Waals surface area contributed by atoms with Crippen LogP contribution in [0.2, 0.25) is 0 Å². The van der Waals surface area contributed by atoms with Crippen LogP contribution in [0.25, 0.3) is 0 Å². The largest absolute Gasteiger partial charge is 0.456 e. The van der Waals surface area contributed by atoms with Gasteiger partial charge in [-0.25, -0.2) is 9.18 Å². The molecule has 0 aliphatic rings. The molecule has 0 aliphatic heterocycles. The van der Waals surface area contributed by atoms with E-state index in [0.717, 1.165) is 12.1 Å². The van der Waals surface area contributed by atoms with Gasteiger partial charge >= 0.3 is 5.97 Å². The average Bonchev–Trinajstić information content (AvgIpc) is 2.26. The van der Waals surface area contributed by atoms with Gasteiger partial charge in [-0.3, -0.25) is 4.79 Å². The standard InChI is InChI=1S/C12H9FO3/c1-2-16-12(15)4-3-9-5-10(8-14)7-11(13)6-9/h5-8H,2H2,1H3. The van der Waals surface area contributed by atoms with E-state index >= 15 is 0 Å². The molecule has 1 rings (SSSR count). The van der Waals surface area contributed by atoms with Gasteiger partial charge < -0.3 is 4.74 Å². The van der Waals surface area contributed by atoms with Gasteiger partial charge in [0.1, 0.15) is 12.1 Å². The molecule has 0 heterocycles. The maximum Gasteiger partial charge on any atom is 0.384 e. The van der Waals surface area contributed by atoms with E-state index in [0.29, 0.717) is 6.29 Å². The lowest BCUT2D eigenvalue weighted by Gasteiger charge is -1.94. The predicted octanol–water partition coefficient (Wildman–Crippen LogP) is 1.55. The maximum absolute atomic E-state index is 12.9. The van der Waals surface area contributed by atoms with Crippen molar-refractivity contribution in [1.29, 1.82) is 0 Å². The van der Waals surface area contributed by atoms with E-state index in [-0.39, 0.29) is 17.7 Å². The van der Waals surface area contributed by atoms with Crippen molar-refractivity contribution in [2.24, 2.45) is 0 Å². The Morgan fingerprint density at radius 1 is 1.50 bits per heavy atom. The Labute approximate surface area is 92.2 Å². The Kier molecular flexibility index (Phi) is 4.22. The molecule has 0 atom stereocenters. The zero-order chi connectivity index (χ0) is 12.0. The number of aldehydes is 1. The quantitative estimate of drug-likeness (QED) is 0.431. The van der Waals surface area contributed by atoms with E-state index < -0.39 is 11.8 Å². The molecule has 0 aliphatic carbocycles. The first-order valence-corrected chi connectivity index (χ1v) is 4.60. The minimum Gasteiger partial charge on any atom is -0.456 e. The lowest BCUT2D eigenvalue weighted by Crippen LogP contribution is -1.99. The zero-order valence-corrected chi connectivity index (χ0v) is 8.62. The highest BCUT2D eigenvalue weighted by molar-refractivity contribution is 5.89. The van der Waals surface area contributed by atoms with Crippen molar-refractivity contribution >= 4 is 12.3 Å². The van der Waals surface area contributed by atoms with Crippen molar-refractivity contribution in [3.63, 3.8) is 0 Å². The van der Waals surface area contributed by atoms with E-state index in [1.807, 2.05) is 0 Å². The number of carbonyl (C=O) groups excluding carboxylic acids is 2. The van der Waals surface area contributed by atoms with Gasteiger partial charge in [-0.05, 0) is 25.1 Å². The van der Waals surface area contributed by atoms with Crippen LogP contribution < -0.4 is 0 Å². The summed E-state index contributed by atoms with van der Waals surface area (Å²) < 4.78 is 17.5. The summed E-state index contributed by atoms with van der Waals surface area (Å²) in [6.45, 7) is 1.89. The second kappa shape index (κ2) is 5.66. The van der Waals surface area contributed by atoms with Crippen LogP contribution in [0.1, 0.15) is 22.8 Å². The molecular formula is C12H9FO3. The second-order valence-electron chi connectivity index (χ2n) is 2.86. The highest BCUT2D eigenvalue weighted by Crippen LogP contribution is 2.06.